The van der Waals surface area contributed by atoms with Crippen LogP contribution in [0, 0.1) is 5.95 Å². The molecule has 2 aromatic heterocycles. The second-order valence-corrected chi connectivity index (χ2v) is 4.57. The Balaban J connectivity index is 2.14. The van der Waals surface area contributed by atoms with Crippen LogP contribution in [0.3, 0.4) is 0 Å². The quantitative estimate of drug-likeness (QED) is 0.864. The molecular formula is C12H12FN3OS. The van der Waals surface area contributed by atoms with E-state index in [4.69, 9.17) is 0 Å². The van der Waals surface area contributed by atoms with Crippen molar-refractivity contribution in [2.24, 2.45) is 0 Å². The van der Waals surface area contributed by atoms with Crippen LogP contribution >= 0.6 is 11.3 Å². The molecule has 0 radical (unpaired) electrons. The van der Waals surface area contributed by atoms with Crippen molar-refractivity contribution in [2.45, 2.75) is 19.4 Å². The molecule has 2 aromatic rings. The number of carbonyl (C=O) groups is 1. The molecule has 0 aliphatic carbocycles. The van der Waals surface area contributed by atoms with Crippen molar-refractivity contribution in [1.29, 1.82) is 0 Å². The Labute approximate surface area is 108 Å². The molecule has 1 unspecified atom stereocenters. The first-order valence-corrected chi connectivity index (χ1v) is 6.41. The van der Waals surface area contributed by atoms with Gasteiger partial charge in [0, 0.05) is 17.8 Å². The highest BCUT2D eigenvalue weighted by Crippen LogP contribution is 2.19. The average Bonchev–Trinajstić information content (AvgIpc) is 2.90. The molecule has 94 valence electrons. The summed E-state index contributed by atoms with van der Waals surface area (Å²) in [5.41, 5.74) is -0.0486. The predicted octanol–water partition coefficient (Wildman–Crippen LogP) is 2.56. The summed E-state index contributed by atoms with van der Waals surface area (Å²) in [5, 5.41) is 5.41. The van der Waals surface area contributed by atoms with E-state index in [9.17, 15) is 9.18 Å². The number of thiazole rings is 1. The number of amides is 1. The summed E-state index contributed by atoms with van der Waals surface area (Å²) in [5.74, 6) is -1.23. The molecule has 0 saturated heterocycles. The lowest BCUT2D eigenvalue weighted by Gasteiger charge is -2.14. The third-order valence-electron chi connectivity index (χ3n) is 2.47. The van der Waals surface area contributed by atoms with Crippen LogP contribution in [0.15, 0.2) is 29.9 Å². The van der Waals surface area contributed by atoms with Crippen molar-refractivity contribution < 1.29 is 9.18 Å². The lowest BCUT2D eigenvalue weighted by Crippen LogP contribution is -2.29. The molecule has 6 heteroatoms. The maximum Gasteiger partial charge on any atom is 0.256 e. The molecule has 1 amide bonds. The minimum atomic E-state index is -0.760. The minimum Gasteiger partial charge on any atom is -0.343 e. The lowest BCUT2D eigenvalue weighted by molar-refractivity contribution is 0.0930. The highest BCUT2D eigenvalue weighted by atomic mass is 32.1. The zero-order valence-electron chi connectivity index (χ0n) is 9.76. The first-order chi connectivity index (χ1) is 8.72. The normalized spacial score (nSPS) is 12.1. The van der Waals surface area contributed by atoms with Crippen LogP contribution in [-0.2, 0) is 0 Å². The standard InChI is InChI=1S/C12H12FN3OS/c1-2-9(12-15-6-7-18-12)16-11(17)8-4-3-5-14-10(8)13/h3-7,9H,2H2,1H3,(H,16,17). The topological polar surface area (TPSA) is 54.9 Å². The Morgan fingerprint density at radius 3 is 2.94 bits per heavy atom. The molecule has 18 heavy (non-hydrogen) atoms. The van der Waals surface area contributed by atoms with Crippen molar-refractivity contribution >= 4 is 17.2 Å². The van der Waals surface area contributed by atoms with E-state index in [-0.39, 0.29) is 11.6 Å². The number of rotatable bonds is 4. The van der Waals surface area contributed by atoms with E-state index in [1.807, 2.05) is 12.3 Å². The molecule has 0 spiro atoms. The first kappa shape index (κ1) is 12.6. The van der Waals surface area contributed by atoms with Crippen molar-refractivity contribution in [2.75, 3.05) is 0 Å². The van der Waals surface area contributed by atoms with Crippen LogP contribution in [0.5, 0.6) is 0 Å². The number of aromatic nitrogens is 2. The van der Waals surface area contributed by atoms with E-state index in [0.29, 0.717) is 6.42 Å². The number of halogens is 1. The molecule has 0 aliphatic rings. The predicted molar refractivity (Wildman–Crippen MR) is 66.8 cm³/mol. The fourth-order valence-electron chi connectivity index (χ4n) is 1.54. The van der Waals surface area contributed by atoms with Gasteiger partial charge in [-0.25, -0.2) is 9.97 Å². The van der Waals surface area contributed by atoms with Gasteiger partial charge in [-0.1, -0.05) is 6.92 Å². The van der Waals surface area contributed by atoms with E-state index in [0.717, 1.165) is 5.01 Å². The summed E-state index contributed by atoms with van der Waals surface area (Å²) in [6.07, 6.45) is 3.69. The first-order valence-electron chi connectivity index (χ1n) is 5.53. The molecule has 0 fully saturated rings. The van der Waals surface area contributed by atoms with Gasteiger partial charge in [0.25, 0.3) is 5.91 Å². The second-order valence-electron chi connectivity index (χ2n) is 3.65. The van der Waals surface area contributed by atoms with Gasteiger partial charge >= 0.3 is 0 Å². The van der Waals surface area contributed by atoms with E-state index >= 15 is 0 Å². The van der Waals surface area contributed by atoms with Crippen LogP contribution in [0.1, 0.15) is 34.8 Å². The van der Waals surface area contributed by atoms with E-state index in [1.54, 1.807) is 6.20 Å². The Morgan fingerprint density at radius 1 is 1.50 bits per heavy atom. The van der Waals surface area contributed by atoms with Crippen molar-refractivity contribution in [3.8, 4) is 0 Å². The molecule has 1 atom stereocenters. The van der Waals surface area contributed by atoms with Crippen LogP contribution in [0.4, 0.5) is 4.39 Å². The average molecular weight is 265 g/mol. The number of hydrogen-bond donors (Lipinski definition) is 1. The second kappa shape index (κ2) is 5.68. The maximum atomic E-state index is 13.4. The zero-order valence-corrected chi connectivity index (χ0v) is 10.6. The van der Waals surface area contributed by atoms with Gasteiger partial charge in [0.1, 0.15) is 5.01 Å². The Bertz CT molecular complexity index is 530. The van der Waals surface area contributed by atoms with Crippen LogP contribution in [-0.4, -0.2) is 15.9 Å². The monoisotopic (exact) mass is 265 g/mol. The fraction of sp³-hybridized carbons (Fsp3) is 0.250. The molecule has 1 N–H and O–H groups in total. The van der Waals surface area contributed by atoms with E-state index < -0.39 is 11.9 Å². The maximum absolute atomic E-state index is 13.4. The summed E-state index contributed by atoms with van der Waals surface area (Å²) < 4.78 is 13.4. The lowest BCUT2D eigenvalue weighted by atomic mass is 10.2. The zero-order chi connectivity index (χ0) is 13.0. The molecule has 4 nitrogen and oxygen atoms in total. The van der Waals surface area contributed by atoms with Crippen molar-refractivity contribution in [1.82, 2.24) is 15.3 Å². The SMILES string of the molecule is CCC(NC(=O)c1cccnc1F)c1nccs1. The smallest absolute Gasteiger partial charge is 0.256 e. The van der Waals surface area contributed by atoms with E-state index in [2.05, 4.69) is 15.3 Å². The molecule has 0 aliphatic heterocycles. The number of carbonyl (C=O) groups excluding carboxylic acids is 1. The molecule has 0 bridgehead atoms. The van der Waals surface area contributed by atoms with Crippen LogP contribution in [0.2, 0.25) is 0 Å². The van der Waals surface area contributed by atoms with Crippen LogP contribution < -0.4 is 5.32 Å². The Kier molecular flexibility index (Phi) is 3.99. The largest absolute Gasteiger partial charge is 0.343 e. The van der Waals surface area contributed by atoms with Crippen molar-refractivity contribution in [3.63, 3.8) is 0 Å². The summed E-state index contributed by atoms with van der Waals surface area (Å²) in [6, 6.07) is 2.74. The number of nitrogens with one attached hydrogen (secondary N) is 1. The van der Waals surface area contributed by atoms with Gasteiger partial charge in [-0.15, -0.1) is 11.3 Å². The van der Waals surface area contributed by atoms with Crippen LogP contribution in [0.25, 0.3) is 0 Å². The Morgan fingerprint density at radius 2 is 2.33 bits per heavy atom. The summed E-state index contributed by atoms with van der Waals surface area (Å²) in [6.45, 7) is 1.94. The third-order valence-corrected chi connectivity index (χ3v) is 3.36. The molecule has 0 aromatic carbocycles. The molecule has 0 saturated carbocycles. The van der Waals surface area contributed by atoms with Gasteiger partial charge in [-0.2, -0.15) is 4.39 Å². The van der Waals surface area contributed by atoms with Gasteiger partial charge in [-0.05, 0) is 18.6 Å². The number of nitrogens with zero attached hydrogens (tertiary/aromatic N) is 2. The molecule has 2 rings (SSSR count). The van der Waals surface area contributed by atoms with Gasteiger partial charge in [0.2, 0.25) is 5.95 Å². The summed E-state index contributed by atoms with van der Waals surface area (Å²) in [7, 11) is 0. The fourth-order valence-corrected chi connectivity index (χ4v) is 2.31. The van der Waals surface area contributed by atoms with Gasteiger partial charge < -0.3 is 5.32 Å². The van der Waals surface area contributed by atoms with Crippen molar-refractivity contribution in [3.05, 3.63) is 46.4 Å². The Hall–Kier alpha value is -1.82. The highest BCUT2D eigenvalue weighted by molar-refractivity contribution is 7.09. The summed E-state index contributed by atoms with van der Waals surface area (Å²) in [4.78, 5) is 19.5. The van der Waals surface area contributed by atoms with Gasteiger partial charge in [0.15, 0.2) is 0 Å². The molecular weight excluding hydrogens is 253 g/mol. The minimum absolute atomic E-state index is 0.0486. The summed E-state index contributed by atoms with van der Waals surface area (Å²) >= 11 is 1.46. The molecule has 2 heterocycles. The number of pyridine rings is 1. The third kappa shape index (κ3) is 2.70. The van der Waals surface area contributed by atoms with Gasteiger partial charge in [0.05, 0.1) is 11.6 Å². The highest BCUT2D eigenvalue weighted by Gasteiger charge is 2.18. The number of hydrogen-bond acceptors (Lipinski definition) is 4. The van der Waals surface area contributed by atoms with E-state index in [1.165, 1.54) is 29.7 Å². The van der Waals surface area contributed by atoms with Gasteiger partial charge in [-0.3, -0.25) is 4.79 Å².